The number of hydroxylamine groups is 2. The number of hydrogen-bond donors (Lipinski definition) is 1. The molecule has 1 aliphatic carbocycles. The predicted octanol–water partition coefficient (Wildman–Crippen LogP) is 4.63. The number of para-hydroxylation sites is 1. The predicted molar refractivity (Wildman–Crippen MR) is 131 cm³/mol. The third-order valence-corrected chi connectivity index (χ3v) is 6.32. The van der Waals surface area contributed by atoms with Gasteiger partial charge in [0.1, 0.15) is 12.4 Å². The van der Waals surface area contributed by atoms with Crippen LogP contribution in [-0.4, -0.2) is 49.8 Å². The molecule has 8 nitrogen and oxygen atoms in total. The summed E-state index contributed by atoms with van der Waals surface area (Å²) >= 11 is 0. The van der Waals surface area contributed by atoms with Crippen LogP contribution in [-0.2, 0) is 19.8 Å². The van der Waals surface area contributed by atoms with Crippen molar-refractivity contribution in [2.45, 2.75) is 50.9 Å². The van der Waals surface area contributed by atoms with Crippen molar-refractivity contribution in [3.8, 4) is 5.75 Å². The molecular weight excluding hydrogens is 448 g/mol. The third kappa shape index (κ3) is 6.97. The molecular formula is C27H34N2O6. The number of rotatable bonds is 9. The smallest absolute Gasteiger partial charge is 0.431 e. The Labute approximate surface area is 206 Å². The fraction of sp³-hybridized carbons (Fsp3) is 0.444. The van der Waals surface area contributed by atoms with E-state index in [1.165, 1.54) is 7.11 Å². The fourth-order valence-corrected chi connectivity index (χ4v) is 4.49. The van der Waals surface area contributed by atoms with E-state index in [2.05, 4.69) is 17.4 Å². The second-order valence-corrected chi connectivity index (χ2v) is 8.63. The first-order valence-corrected chi connectivity index (χ1v) is 12.1. The molecule has 1 fully saturated rings. The Kier molecular flexibility index (Phi) is 9.52. The molecule has 0 heterocycles. The molecule has 1 aliphatic rings. The molecule has 0 saturated heterocycles. The Morgan fingerprint density at radius 3 is 2.34 bits per heavy atom. The van der Waals surface area contributed by atoms with Gasteiger partial charge in [-0.15, -0.1) is 0 Å². The van der Waals surface area contributed by atoms with Crippen molar-refractivity contribution in [2.75, 3.05) is 26.8 Å². The summed E-state index contributed by atoms with van der Waals surface area (Å²) < 4.78 is 10.4. The van der Waals surface area contributed by atoms with Crippen LogP contribution in [0, 0.1) is 0 Å². The van der Waals surface area contributed by atoms with Crippen molar-refractivity contribution in [2.24, 2.45) is 0 Å². The fourth-order valence-electron chi connectivity index (χ4n) is 4.49. The number of benzene rings is 2. The van der Waals surface area contributed by atoms with Crippen LogP contribution in [0.15, 0.2) is 54.6 Å². The van der Waals surface area contributed by atoms with Gasteiger partial charge < -0.3 is 19.6 Å². The Hall–Kier alpha value is -3.55. The summed E-state index contributed by atoms with van der Waals surface area (Å²) in [4.78, 5) is 43.2. The van der Waals surface area contributed by atoms with Gasteiger partial charge in [0.05, 0.1) is 25.8 Å². The third-order valence-electron chi connectivity index (χ3n) is 6.32. The molecule has 0 atom stereocenters. The van der Waals surface area contributed by atoms with Crippen LogP contribution in [0.1, 0.15) is 61.4 Å². The van der Waals surface area contributed by atoms with Gasteiger partial charge >= 0.3 is 12.1 Å². The highest BCUT2D eigenvalue weighted by molar-refractivity contribution is 5.97. The van der Waals surface area contributed by atoms with E-state index in [1.54, 1.807) is 31.2 Å². The largest absolute Gasteiger partial charge is 0.496 e. The summed E-state index contributed by atoms with van der Waals surface area (Å²) in [5.74, 6) is -0.415. The lowest BCUT2D eigenvalue weighted by atomic mass is 9.69. The van der Waals surface area contributed by atoms with Crippen LogP contribution in [0.2, 0.25) is 0 Å². The summed E-state index contributed by atoms with van der Waals surface area (Å²) in [6.07, 6.45) is 4.41. The van der Waals surface area contributed by atoms with E-state index >= 15 is 0 Å². The molecule has 0 aromatic heterocycles. The van der Waals surface area contributed by atoms with Crippen molar-refractivity contribution < 1.29 is 28.7 Å². The van der Waals surface area contributed by atoms with Crippen LogP contribution >= 0.6 is 0 Å². The Balaban J connectivity index is 1.83. The van der Waals surface area contributed by atoms with E-state index in [0.29, 0.717) is 11.3 Å². The minimum atomic E-state index is -0.792. The van der Waals surface area contributed by atoms with Gasteiger partial charge in [-0.1, -0.05) is 68.7 Å². The highest BCUT2D eigenvalue weighted by Gasteiger charge is 2.39. The second kappa shape index (κ2) is 12.8. The SMILES string of the molecule is CCC(=O)OCCNC(=O)ON(CC1(c2ccccc2)CCCCC1)C(=O)c1ccccc1OC. The first kappa shape index (κ1) is 26.1. The van der Waals surface area contributed by atoms with Crippen molar-refractivity contribution >= 4 is 18.0 Å². The number of esters is 1. The molecule has 2 aromatic rings. The van der Waals surface area contributed by atoms with Gasteiger partial charge in [0.2, 0.25) is 0 Å². The number of nitrogens with zero attached hydrogens (tertiary/aromatic N) is 1. The number of carbonyl (C=O) groups is 3. The van der Waals surface area contributed by atoms with E-state index in [0.717, 1.165) is 42.7 Å². The van der Waals surface area contributed by atoms with Gasteiger partial charge in [-0.3, -0.25) is 9.59 Å². The molecule has 2 aromatic carbocycles. The number of nitrogens with one attached hydrogen (secondary N) is 1. The highest BCUT2D eigenvalue weighted by Crippen LogP contribution is 2.40. The maximum atomic E-state index is 13.6. The van der Waals surface area contributed by atoms with Crippen LogP contribution < -0.4 is 10.1 Å². The number of carbonyl (C=O) groups excluding carboxylic acids is 3. The van der Waals surface area contributed by atoms with Crippen molar-refractivity contribution in [1.29, 1.82) is 0 Å². The zero-order chi connectivity index (χ0) is 25.1. The summed E-state index contributed by atoms with van der Waals surface area (Å²) in [7, 11) is 1.49. The maximum absolute atomic E-state index is 13.6. The first-order valence-electron chi connectivity index (χ1n) is 12.1. The zero-order valence-corrected chi connectivity index (χ0v) is 20.5. The molecule has 8 heteroatoms. The van der Waals surface area contributed by atoms with E-state index in [9.17, 15) is 14.4 Å². The molecule has 0 radical (unpaired) electrons. The molecule has 3 rings (SSSR count). The van der Waals surface area contributed by atoms with Crippen LogP contribution in [0.4, 0.5) is 4.79 Å². The molecule has 1 N–H and O–H groups in total. The quantitative estimate of drug-likeness (QED) is 0.318. The Bertz CT molecular complexity index is 988. The Morgan fingerprint density at radius 2 is 1.66 bits per heavy atom. The van der Waals surface area contributed by atoms with Gasteiger partial charge in [-0.2, -0.15) is 5.06 Å². The maximum Gasteiger partial charge on any atom is 0.431 e. The van der Waals surface area contributed by atoms with E-state index in [-0.39, 0.29) is 37.5 Å². The number of methoxy groups -OCH3 is 1. The van der Waals surface area contributed by atoms with Crippen molar-refractivity contribution in [3.05, 3.63) is 65.7 Å². The molecule has 1 saturated carbocycles. The van der Waals surface area contributed by atoms with Gasteiger partial charge in [-0.25, -0.2) is 4.79 Å². The lowest BCUT2D eigenvalue weighted by Gasteiger charge is -2.40. The first-order chi connectivity index (χ1) is 17.0. The average molecular weight is 483 g/mol. The molecule has 188 valence electrons. The van der Waals surface area contributed by atoms with Crippen LogP contribution in [0.5, 0.6) is 5.75 Å². The van der Waals surface area contributed by atoms with Gasteiger partial charge in [0.15, 0.2) is 0 Å². The van der Waals surface area contributed by atoms with Crippen molar-refractivity contribution in [3.63, 3.8) is 0 Å². The number of hydrogen-bond acceptors (Lipinski definition) is 6. The lowest BCUT2D eigenvalue weighted by molar-refractivity contribution is -0.143. The summed E-state index contributed by atoms with van der Waals surface area (Å²) in [5, 5.41) is 3.70. The van der Waals surface area contributed by atoms with Gasteiger partial charge in [-0.05, 0) is 30.5 Å². The van der Waals surface area contributed by atoms with Crippen LogP contribution in [0.25, 0.3) is 0 Å². The molecule has 2 amide bonds. The zero-order valence-electron chi connectivity index (χ0n) is 20.5. The summed E-state index contributed by atoms with van der Waals surface area (Å²) in [5.41, 5.74) is 1.08. The van der Waals surface area contributed by atoms with Gasteiger partial charge in [0.25, 0.3) is 5.91 Å². The minimum Gasteiger partial charge on any atom is -0.496 e. The molecule has 0 bridgehead atoms. The van der Waals surface area contributed by atoms with Crippen LogP contribution in [0.3, 0.4) is 0 Å². The van der Waals surface area contributed by atoms with Crippen molar-refractivity contribution in [1.82, 2.24) is 10.4 Å². The average Bonchev–Trinajstić information content (AvgIpc) is 2.91. The lowest BCUT2D eigenvalue weighted by Crippen LogP contribution is -2.47. The van der Waals surface area contributed by atoms with E-state index in [4.69, 9.17) is 14.3 Å². The van der Waals surface area contributed by atoms with E-state index in [1.807, 2.05) is 18.2 Å². The van der Waals surface area contributed by atoms with Gasteiger partial charge in [0, 0.05) is 11.8 Å². The molecule has 0 aliphatic heterocycles. The Morgan fingerprint density at radius 1 is 0.971 bits per heavy atom. The normalized spacial score (nSPS) is 14.5. The number of ether oxygens (including phenoxy) is 2. The minimum absolute atomic E-state index is 0.0240. The molecule has 0 unspecified atom stereocenters. The number of amides is 2. The highest BCUT2D eigenvalue weighted by atomic mass is 16.7. The summed E-state index contributed by atoms with van der Waals surface area (Å²) in [6, 6.07) is 16.9. The van der Waals surface area contributed by atoms with E-state index < -0.39 is 12.0 Å². The topological polar surface area (TPSA) is 94.2 Å². The molecule has 0 spiro atoms. The monoisotopic (exact) mass is 482 g/mol. The molecule has 35 heavy (non-hydrogen) atoms. The summed E-state index contributed by atoms with van der Waals surface area (Å²) in [6.45, 7) is 2.01. The standard InChI is InChI=1S/C27H34N2O6/c1-3-24(30)34-19-18-28-26(32)35-29(25(31)22-14-8-9-15-23(22)33-2)20-27(16-10-5-11-17-27)21-12-6-4-7-13-21/h4,6-9,12-15H,3,5,10-11,16-20H2,1-2H3,(H,28,32). The second-order valence-electron chi connectivity index (χ2n) is 8.63.